The van der Waals surface area contributed by atoms with E-state index in [4.69, 9.17) is 0 Å². The van der Waals surface area contributed by atoms with Crippen molar-refractivity contribution >= 4 is 25.8 Å². The van der Waals surface area contributed by atoms with Crippen molar-refractivity contribution < 1.29 is 17.4 Å². The largest absolute Gasteiger partial charge is 0.282 e. The lowest BCUT2D eigenvalue weighted by Crippen LogP contribution is -2.49. The number of piperidine rings is 1. The first-order chi connectivity index (χ1) is 9.72. The Bertz CT molecular complexity index is 608. The van der Waals surface area contributed by atoms with E-state index < -0.39 is 31.9 Å². The van der Waals surface area contributed by atoms with Crippen LogP contribution in [0.25, 0.3) is 0 Å². The second-order valence-corrected chi connectivity index (χ2v) is 10.3. The molecule has 2 aliphatic rings. The summed E-state index contributed by atoms with van der Waals surface area (Å²) in [6.45, 7) is 1.35. The highest BCUT2D eigenvalue weighted by molar-refractivity contribution is 7.92. The van der Waals surface area contributed by atoms with Crippen LogP contribution in [0.5, 0.6) is 0 Å². The summed E-state index contributed by atoms with van der Waals surface area (Å²) in [5, 5.41) is 0. The molecule has 2 fully saturated rings. The molecule has 0 saturated carbocycles. The van der Waals surface area contributed by atoms with Gasteiger partial charge in [-0.2, -0.15) is 21.4 Å². The predicted octanol–water partition coefficient (Wildman–Crippen LogP) is 0.436. The van der Waals surface area contributed by atoms with Crippen LogP contribution in [0.3, 0.4) is 0 Å². The van der Waals surface area contributed by atoms with Gasteiger partial charge in [-0.3, -0.25) is 4.79 Å². The third kappa shape index (κ3) is 4.02. The van der Waals surface area contributed by atoms with Crippen molar-refractivity contribution in [2.24, 2.45) is 4.36 Å². The average molecular weight is 337 g/mol. The normalized spacial score (nSPS) is 25.9. The molecule has 0 spiro atoms. The lowest BCUT2D eigenvalue weighted by atomic mass is 10.2. The van der Waals surface area contributed by atoms with E-state index in [-0.39, 0.29) is 0 Å². The lowest BCUT2D eigenvalue weighted by Gasteiger charge is -2.32. The van der Waals surface area contributed by atoms with Crippen LogP contribution in [0.1, 0.15) is 32.1 Å². The number of amides is 1. The number of carbonyl (C=O) groups is 1. The van der Waals surface area contributed by atoms with Crippen LogP contribution in [0, 0.1) is 0 Å². The molecular weight excluding hydrogens is 314 g/mol. The molecule has 0 aromatic carbocycles. The van der Waals surface area contributed by atoms with Crippen molar-refractivity contribution in [3.63, 3.8) is 0 Å². The molecule has 2 aliphatic heterocycles. The molecular formula is C12H23N3O4S2. The van der Waals surface area contributed by atoms with Gasteiger partial charge in [0.25, 0.3) is 16.1 Å². The van der Waals surface area contributed by atoms with Gasteiger partial charge in [0.05, 0.1) is 0 Å². The molecule has 0 unspecified atom stereocenters. The Morgan fingerprint density at radius 2 is 1.62 bits per heavy atom. The first kappa shape index (κ1) is 16.9. The molecule has 0 bridgehead atoms. The summed E-state index contributed by atoms with van der Waals surface area (Å²) in [6.07, 6.45) is 6.59. The van der Waals surface area contributed by atoms with Gasteiger partial charge in [0, 0.05) is 41.9 Å². The molecule has 0 aliphatic carbocycles. The van der Waals surface area contributed by atoms with Crippen LogP contribution >= 0.6 is 0 Å². The highest BCUT2D eigenvalue weighted by Gasteiger charge is 2.41. The molecule has 2 heterocycles. The van der Waals surface area contributed by atoms with Gasteiger partial charge in [0.2, 0.25) is 0 Å². The molecule has 0 N–H and O–H groups in total. The van der Waals surface area contributed by atoms with Crippen LogP contribution in [-0.4, -0.2) is 65.3 Å². The minimum Gasteiger partial charge on any atom is -0.270 e. The Kier molecular flexibility index (Phi) is 5.07. The highest BCUT2D eigenvalue weighted by atomic mass is 32.2. The number of rotatable bonds is 3. The van der Waals surface area contributed by atoms with E-state index >= 15 is 0 Å². The number of hydrogen-bond donors (Lipinski definition) is 0. The third-order valence-electron chi connectivity index (χ3n) is 3.74. The van der Waals surface area contributed by atoms with Gasteiger partial charge in [0.1, 0.15) is 6.04 Å². The van der Waals surface area contributed by atoms with Gasteiger partial charge >= 0.3 is 0 Å². The highest BCUT2D eigenvalue weighted by Crippen LogP contribution is 2.26. The molecule has 2 saturated heterocycles. The number of nitrogens with zero attached hydrogens (tertiary/aromatic N) is 3. The van der Waals surface area contributed by atoms with E-state index in [1.54, 1.807) is 0 Å². The van der Waals surface area contributed by atoms with Crippen molar-refractivity contribution in [2.75, 3.05) is 32.1 Å². The molecule has 9 heteroatoms. The van der Waals surface area contributed by atoms with E-state index in [0.29, 0.717) is 32.5 Å². The molecule has 7 nitrogen and oxygen atoms in total. The molecule has 0 aromatic heterocycles. The van der Waals surface area contributed by atoms with Crippen LogP contribution < -0.4 is 0 Å². The van der Waals surface area contributed by atoms with Crippen LogP contribution in [0.15, 0.2) is 4.36 Å². The average Bonchev–Trinajstić information content (AvgIpc) is 2.88. The maximum atomic E-state index is 12.7. The summed E-state index contributed by atoms with van der Waals surface area (Å²) in [4.78, 5) is 12.1. The Hall–Kier alpha value is -0.510. The second kappa shape index (κ2) is 6.31. The molecule has 1 atom stereocenters. The van der Waals surface area contributed by atoms with Gasteiger partial charge in [0.15, 0.2) is 0 Å². The fourth-order valence-electron chi connectivity index (χ4n) is 2.78. The quantitative estimate of drug-likeness (QED) is 0.747. The SMILES string of the molecule is CS(C)(=O)=NC(=O)[C@@H]1CCCN1S(=O)(=O)N1CCCCC1. The van der Waals surface area contributed by atoms with Crippen molar-refractivity contribution in [3.05, 3.63) is 0 Å². The zero-order chi connectivity index (χ0) is 15.7. The number of hydrogen-bond acceptors (Lipinski definition) is 4. The van der Waals surface area contributed by atoms with Crippen molar-refractivity contribution in [2.45, 2.75) is 38.1 Å². The first-order valence-corrected chi connectivity index (χ1v) is 10.9. The summed E-state index contributed by atoms with van der Waals surface area (Å²) in [6, 6.07) is -0.794. The Morgan fingerprint density at radius 1 is 1.00 bits per heavy atom. The Balaban J connectivity index is 2.22. The predicted molar refractivity (Wildman–Crippen MR) is 81.5 cm³/mol. The van der Waals surface area contributed by atoms with Crippen molar-refractivity contribution in [1.82, 2.24) is 8.61 Å². The molecule has 2 rings (SSSR count). The third-order valence-corrected chi connectivity index (χ3v) is 6.40. The van der Waals surface area contributed by atoms with Gasteiger partial charge in [-0.15, -0.1) is 0 Å². The number of carbonyl (C=O) groups excluding carboxylic acids is 1. The van der Waals surface area contributed by atoms with Crippen molar-refractivity contribution in [1.29, 1.82) is 0 Å². The van der Waals surface area contributed by atoms with E-state index in [2.05, 4.69) is 4.36 Å². The molecule has 0 aromatic rings. The van der Waals surface area contributed by atoms with E-state index in [9.17, 15) is 17.4 Å². The fraction of sp³-hybridized carbons (Fsp3) is 0.917. The lowest BCUT2D eigenvalue weighted by molar-refractivity contribution is -0.120. The summed E-state index contributed by atoms with van der Waals surface area (Å²) in [5.41, 5.74) is 0. The first-order valence-electron chi connectivity index (χ1n) is 7.20. The second-order valence-electron chi connectivity index (χ2n) is 5.85. The summed E-state index contributed by atoms with van der Waals surface area (Å²) in [7, 11) is -6.18. The Labute approximate surface area is 127 Å². The molecule has 1 amide bonds. The molecule has 21 heavy (non-hydrogen) atoms. The fourth-order valence-corrected chi connectivity index (χ4v) is 5.23. The van der Waals surface area contributed by atoms with Gasteiger partial charge in [-0.25, -0.2) is 4.21 Å². The van der Waals surface area contributed by atoms with E-state index in [1.165, 1.54) is 21.1 Å². The van der Waals surface area contributed by atoms with Crippen LogP contribution in [-0.2, 0) is 24.7 Å². The summed E-state index contributed by atoms with van der Waals surface area (Å²) >= 11 is 0. The van der Waals surface area contributed by atoms with Crippen LogP contribution in [0.2, 0.25) is 0 Å². The smallest absolute Gasteiger partial charge is 0.270 e. The van der Waals surface area contributed by atoms with Gasteiger partial charge in [-0.05, 0) is 25.7 Å². The van der Waals surface area contributed by atoms with Gasteiger partial charge in [-0.1, -0.05) is 6.42 Å². The van der Waals surface area contributed by atoms with E-state index in [1.807, 2.05) is 0 Å². The summed E-state index contributed by atoms with van der Waals surface area (Å²) in [5.74, 6) is -0.580. The minimum atomic E-state index is -3.62. The minimum absolute atomic E-state index is 0.333. The topological polar surface area (TPSA) is 87.1 Å². The summed E-state index contributed by atoms with van der Waals surface area (Å²) < 4.78 is 43.3. The maximum absolute atomic E-state index is 12.7. The standard InChI is InChI=1S/C12H23N3O4S2/c1-20(2,17)13-12(16)11-7-6-10-15(11)21(18,19)14-8-4-3-5-9-14/h11H,3-10H2,1-2H3/t11-/m0/s1. The van der Waals surface area contributed by atoms with Gasteiger partial charge < -0.3 is 0 Å². The Morgan fingerprint density at radius 3 is 2.19 bits per heavy atom. The van der Waals surface area contributed by atoms with E-state index in [0.717, 1.165) is 19.3 Å². The van der Waals surface area contributed by atoms with Crippen molar-refractivity contribution in [3.8, 4) is 0 Å². The molecule has 122 valence electrons. The zero-order valence-electron chi connectivity index (χ0n) is 12.5. The monoisotopic (exact) mass is 337 g/mol. The van der Waals surface area contributed by atoms with Crippen LogP contribution in [0.4, 0.5) is 0 Å². The molecule has 0 radical (unpaired) electrons. The zero-order valence-corrected chi connectivity index (χ0v) is 14.2. The maximum Gasteiger partial charge on any atom is 0.282 e.